The van der Waals surface area contributed by atoms with Crippen molar-refractivity contribution in [2.45, 2.75) is 23.8 Å². The highest BCUT2D eigenvalue weighted by atomic mass is 32.2. The number of nitrogens with zero attached hydrogens (tertiary/aromatic N) is 1. The quantitative estimate of drug-likeness (QED) is 0.661. The number of hydrogen-bond donors (Lipinski definition) is 1. The van der Waals surface area contributed by atoms with Crippen LogP contribution in [-0.2, 0) is 9.84 Å². The maximum absolute atomic E-state index is 11.4. The number of rotatable bonds is 4. The van der Waals surface area contributed by atoms with Gasteiger partial charge in [-0.3, -0.25) is 10.1 Å². The van der Waals surface area contributed by atoms with E-state index in [-0.39, 0.29) is 22.4 Å². The smallest absolute Gasteiger partial charge is 0.312 e. The summed E-state index contributed by atoms with van der Waals surface area (Å²) in [6.45, 7) is 1.61. The predicted octanol–water partition coefficient (Wildman–Crippen LogP) is 1.13. The molecule has 0 amide bonds. The molecule has 1 aliphatic rings. The van der Waals surface area contributed by atoms with Gasteiger partial charge in [0, 0.05) is 12.3 Å². The van der Waals surface area contributed by atoms with Crippen molar-refractivity contribution in [3.8, 4) is 5.75 Å². The van der Waals surface area contributed by atoms with E-state index in [1.165, 1.54) is 12.1 Å². The number of nitrogens with one attached hydrogen (secondary N) is 1. The van der Waals surface area contributed by atoms with Crippen LogP contribution in [0.1, 0.15) is 12.8 Å². The van der Waals surface area contributed by atoms with Crippen molar-refractivity contribution in [1.29, 1.82) is 0 Å². The summed E-state index contributed by atoms with van der Waals surface area (Å²) in [4.78, 5) is 10.4. The highest BCUT2D eigenvalue weighted by Crippen LogP contribution is 2.31. The van der Waals surface area contributed by atoms with Crippen LogP contribution in [0.3, 0.4) is 0 Å². The monoisotopic (exact) mass is 300 g/mol. The Morgan fingerprint density at radius 3 is 2.55 bits per heavy atom. The third kappa shape index (κ3) is 3.45. The Bertz CT molecular complexity index is 608. The Morgan fingerprint density at radius 2 is 2.00 bits per heavy atom. The number of sulfone groups is 1. The molecule has 0 spiro atoms. The van der Waals surface area contributed by atoms with Crippen LogP contribution in [0.4, 0.5) is 5.69 Å². The molecule has 0 bridgehead atoms. The van der Waals surface area contributed by atoms with E-state index in [1.54, 1.807) is 0 Å². The average molecular weight is 300 g/mol. The van der Waals surface area contributed by atoms with Gasteiger partial charge in [0.15, 0.2) is 15.6 Å². The topological polar surface area (TPSA) is 98.5 Å². The molecule has 0 unspecified atom stereocenters. The fourth-order valence-corrected chi connectivity index (χ4v) is 2.70. The Balaban J connectivity index is 2.30. The molecule has 110 valence electrons. The average Bonchev–Trinajstić information content (AvgIpc) is 2.38. The van der Waals surface area contributed by atoms with Crippen LogP contribution in [0.5, 0.6) is 5.75 Å². The summed E-state index contributed by atoms with van der Waals surface area (Å²) in [5.74, 6) is 0.120. The van der Waals surface area contributed by atoms with Crippen molar-refractivity contribution in [2.75, 3.05) is 19.3 Å². The molecule has 8 heteroatoms. The number of ether oxygens (including phenoxy) is 1. The predicted molar refractivity (Wildman–Crippen MR) is 72.7 cm³/mol. The van der Waals surface area contributed by atoms with Crippen LogP contribution in [-0.4, -0.2) is 38.8 Å². The second-order valence-electron chi connectivity index (χ2n) is 4.73. The van der Waals surface area contributed by atoms with Gasteiger partial charge in [-0.15, -0.1) is 0 Å². The van der Waals surface area contributed by atoms with Crippen molar-refractivity contribution in [2.24, 2.45) is 0 Å². The molecule has 0 atom stereocenters. The van der Waals surface area contributed by atoms with Gasteiger partial charge in [0.25, 0.3) is 0 Å². The first-order valence-electron chi connectivity index (χ1n) is 6.24. The lowest BCUT2D eigenvalue weighted by Gasteiger charge is -2.23. The van der Waals surface area contributed by atoms with Gasteiger partial charge < -0.3 is 10.1 Å². The molecule has 2 rings (SSSR count). The van der Waals surface area contributed by atoms with Crippen molar-refractivity contribution in [1.82, 2.24) is 5.32 Å². The van der Waals surface area contributed by atoms with Gasteiger partial charge in [0.05, 0.1) is 9.82 Å². The van der Waals surface area contributed by atoms with Gasteiger partial charge in [0.1, 0.15) is 6.10 Å². The molecule has 1 aromatic rings. The van der Waals surface area contributed by atoms with E-state index in [0.717, 1.165) is 38.3 Å². The normalized spacial score (nSPS) is 16.9. The molecule has 1 aliphatic heterocycles. The van der Waals surface area contributed by atoms with Crippen molar-refractivity contribution in [3.63, 3.8) is 0 Å². The first kappa shape index (κ1) is 14.7. The summed E-state index contributed by atoms with van der Waals surface area (Å²) in [7, 11) is -3.48. The molecule has 1 saturated heterocycles. The number of benzene rings is 1. The summed E-state index contributed by atoms with van der Waals surface area (Å²) in [6.07, 6.45) is 2.47. The fraction of sp³-hybridized carbons (Fsp3) is 0.500. The lowest BCUT2D eigenvalue weighted by molar-refractivity contribution is -0.386. The zero-order valence-corrected chi connectivity index (χ0v) is 11.9. The van der Waals surface area contributed by atoms with E-state index in [4.69, 9.17) is 4.74 Å². The highest BCUT2D eigenvalue weighted by Gasteiger charge is 2.23. The van der Waals surface area contributed by atoms with Gasteiger partial charge in [-0.05, 0) is 38.1 Å². The Hall–Kier alpha value is -1.67. The molecule has 0 radical (unpaired) electrons. The largest absolute Gasteiger partial charge is 0.483 e. The molecule has 1 N–H and O–H groups in total. The zero-order chi connectivity index (χ0) is 14.8. The van der Waals surface area contributed by atoms with Gasteiger partial charge in [0.2, 0.25) is 0 Å². The fourth-order valence-electron chi connectivity index (χ4n) is 2.06. The van der Waals surface area contributed by atoms with Gasteiger partial charge in [-0.1, -0.05) is 0 Å². The van der Waals surface area contributed by atoms with Crippen LogP contribution >= 0.6 is 0 Å². The van der Waals surface area contributed by atoms with Crippen molar-refractivity contribution >= 4 is 15.5 Å². The summed E-state index contributed by atoms with van der Waals surface area (Å²) < 4.78 is 28.5. The molecule has 0 aromatic heterocycles. The number of piperidine rings is 1. The molecule has 0 aliphatic carbocycles. The third-order valence-corrected chi connectivity index (χ3v) is 4.25. The van der Waals surface area contributed by atoms with E-state index in [2.05, 4.69) is 5.32 Å². The minimum absolute atomic E-state index is 0.0816. The van der Waals surface area contributed by atoms with Gasteiger partial charge in [-0.25, -0.2) is 8.42 Å². The highest BCUT2D eigenvalue weighted by molar-refractivity contribution is 7.90. The van der Waals surface area contributed by atoms with Crippen molar-refractivity contribution in [3.05, 3.63) is 28.3 Å². The van der Waals surface area contributed by atoms with E-state index in [0.29, 0.717) is 0 Å². The van der Waals surface area contributed by atoms with Crippen LogP contribution in [0.2, 0.25) is 0 Å². The van der Waals surface area contributed by atoms with E-state index >= 15 is 0 Å². The van der Waals surface area contributed by atoms with Crippen molar-refractivity contribution < 1.29 is 18.1 Å². The molecule has 0 saturated carbocycles. The van der Waals surface area contributed by atoms with Crippen LogP contribution in [0.15, 0.2) is 23.1 Å². The van der Waals surface area contributed by atoms with E-state index in [9.17, 15) is 18.5 Å². The summed E-state index contributed by atoms with van der Waals surface area (Å²) in [5, 5.41) is 14.2. The number of hydrogen-bond acceptors (Lipinski definition) is 6. The molecular weight excluding hydrogens is 284 g/mol. The van der Waals surface area contributed by atoms with Gasteiger partial charge >= 0.3 is 5.69 Å². The van der Waals surface area contributed by atoms with Crippen LogP contribution in [0, 0.1) is 10.1 Å². The zero-order valence-electron chi connectivity index (χ0n) is 11.0. The molecule has 7 nitrogen and oxygen atoms in total. The first-order chi connectivity index (χ1) is 9.38. The van der Waals surface area contributed by atoms with Crippen LogP contribution < -0.4 is 10.1 Å². The minimum atomic E-state index is -3.48. The number of nitro benzene ring substituents is 1. The Labute approximate surface area is 117 Å². The SMILES string of the molecule is CS(=O)(=O)c1ccc(OC2CCNCC2)c([N+](=O)[O-])c1. The Kier molecular flexibility index (Phi) is 4.24. The third-order valence-electron chi connectivity index (χ3n) is 3.14. The molecule has 20 heavy (non-hydrogen) atoms. The van der Waals surface area contributed by atoms with Gasteiger partial charge in [-0.2, -0.15) is 0 Å². The molecular formula is C12H16N2O5S. The molecule has 1 heterocycles. The summed E-state index contributed by atoms with van der Waals surface area (Å²) in [5.41, 5.74) is -0.313. The van der Waals surface area contributed by atoms with Crippen LogP contribution in [0.25, 0.3) is 0 Å². The molecule has 1 aromatic carbocycles. The lowest BCUT2D eigenvalue weighted by Crippen LogP contribution is -2.34. The Morgan fingerprint density at radius 1 is 1.35 bits per heavy atom. The summed E-state index contributed by atoms with van der Waals surface area (Å²) in [6, 6.07) is 3.74. The maximum atomic E-state index is 11.4. The second-order valence-corrected chi connectivity index (χ2v) is 6.74. The first-order valence-corrected chi connectivity index (χ1v) is 8.13. The minimum Gasteiger partial charge on any atom is -0.483 e. The number of nitro groups is 1. The van der Waals surface area contributed by atoms with E-state index in [1.807, 2.05) is 0 Å². The van der Waals surface area contributed by atoms with E-state index < -0.39 is 14.8 Å². The maximum Gasteiger partial charge on any atom is 0.312 e. The molecule has 1 fully saturated rings. The standard InChI is InChI=1S/C12H16N2O5S/c1-20(17,18)10-2-3-12(11(8-10)14(15)16)19-9-4-6-13-7-5-9/h2-3,8-9,13H,4-7H2,1H3. The lowest BCUT2D eigenvalue weighted by atomic mass is 10.1. The second kappa shape index (κ2) is 5.76. The summed E-state index contributed by atoms with van der Waals surface area (Å²) >= 11 is 0.